The van der Waals surface area contributed by atoms with E-state index in [0.717, 1.165) is 10.2 Å². The van der Waals surface area contributed by atoms with Crippen LogP contribution in [0, 0.1) is 0 Å². The number of hydrogen-bond acceptors (Lipinski definition) is 5. The average molecular weight is 406 g/mol. The highest BCUT2D eigenvalue weighted by Gasteiger charge is 2.39. The number of carbonyl (C=O) groups excluding carboxylic acids is 2. The van der Waals surface area contributed by atoms with Gasteiger partial charge in [0.25, 0.3) is 0 Å². The Bertz CT molecular complexity index is 718. The fourth-order valence-electron chi connectivity index (χ4n) is 2.71. The Morgan fingerprint density at radius 1 is 0.920 bits per heavy atom. The average Bonchev–Trinajstić information content (AvgIpc) is 2.66. The van der Waals surface area contributed by atoms with E-state index >= 15 is 0 Å². The Balaban J connectivity index is 2.52. The number of halogens is 1. The molecule has 2 rings (SSSR count). The zero-order valence-electron chi connectivity index (χ0n) is 14.3. The number of hydrogen-bond donors (Lipinski definition) is 0. The zero-order chi connectivity index (χ0) is 18.4. The largest absolute Gasteiger partial charge is 0.468 e. The number of anilines is 1. The van der Waals surface area contributed by atoms with Crippen molar-refractivity contribution in [3.05, 3.63) is 64.6 Å². The van der Waals surface area contributed by atoms with Gasteiger partial charge in [-0.25, -0.2) is 4.79 Å². The fraction of sp³-hybridized carbons (Fsp3) is 0.263. The van der Waals surface area contributed by atoms with Gasteiger partial charge >= 0.3 is 11.9 Å². The van der Waals surface area contributed by atoms with Crippen molar-refractivity contribution in [1.29, 1.82) is 0 Å². The van der Waals surface area contributed by atoms with Gasteiger partial charge in [-0.2, -0.15) is 0 Å². The number of likely N-dealkylation sites (N-methyl/N-ethyl adjacent to an activating group) is 1. The molecule has 0 saturated heterocycles. The van der Waals surface area contributed by atoms with Crippen molar-refractivity contribution in [1.82, 2.24) is 0 Å². The Labute approximate surface area is 155 Å². The van der Waals surface area contributed by atoms with Crippen molar-refractivity contribution in [3.63, 3.8) is 0 Å². The van der Waals surface area contributed by atoms with Gasteiger partial charge in [-0.1, -0.05) is 46.3 Å². The third-order valence-electron chi connectivity index (χ3n) is 4.02. The summed E-state index contributed by atoms with van der Waals surface area (Å²) in [5.41, 5.74) is 1.47. The number of para-hydroxylation sites is 1. The first-order valence-corrected chi connectivity index (χ1v) is 8.48. The Kier molecular flexibility index (Phi) is 6.58. The van der Waals surface area contributed by atoms with Crippen LogP contribution in [-0.2, 0) is 19.1 Å². The normalized spacial score (nSPS) is 12.8. The lowest BCUT2D eigenvalue weighted by molar-refractivity contribution is -0.150. The van der Waals surface area contributed by atoms with Crippen LogP contribution >= 0.6 is 15.9 Å². The van der Waals surface area contributed by atoms with Crippen LogP contribution in [0.4, 0.5) is 5.69 Å². The molecule has 0 aliphatic carbocycles. The molecule has 0 fully saturated rings. The lowest BCUT2D eigenvalue weighted by Gasteiger charge is -2.33. The molecule has 6 heteroatoms. The molecule has 2 atom stereocenters. The first-order chi connectivity index (χ1) is 12.0. The molecule has 0 spiro atoms. The van der Waals surface area contributed by atoms with Crippen molar-refractivity contribution in [2.75, 3.05) is 26.2 Å². The van der Waals surface area contributed by atoms with Crippen LogP contribution in [0.15, 0.2) is 59.1 Å². The van der Waals surface area contributed by atoms with Gasteiger partial charge in [-0.05, 0) is 29.8 Å². The molecule has 0 aliphatic heterocycles. The highest BCUT2D eigenvalue weighted by atomic mass is 79.9. The predicted octanol–water partition coefficient (Wildman–Crippen LogP) is 3.38. The van der Waals surface area contributed by atoms with Crippen LogP contribution < -0.4 is 4.90 Å². The van der Waals surface area contributed by atoms with Crippen LogP contribution in [0.5, 0.6) is 0 Å². The second kappa shape index (κ2) is 8.67. The Hall–Kier alpha value is -2.34. The van der Waals surface area contributed by atoms with Crippen molar-refractivity contribution in [2.24, 2.45) is 0 Å². The molecule has 132 valence electrons. The zero-order valence-corrected chi connectivity index (χ0v) is 15.9. The first-order valence-electron chi connectivity index (χ1n) is 7.68. The molecule has 0 bridgehead atoms. The number of methoxy groups -OCH3 is 2. The second-order valence-electron chi connectivity index (χ2n) is 5.47. The van der Waals surface area contributed by atoms with Gasteiger partial charge < -0.3 is 14.4 Å². The molecular formula is C19H20BrNO4. The van der Waals surface area contributed by atoms with Crippen molar-refractivity contribution >= 4 is 33.6 Å². The molecule has 2 unspecified atom stereocenters. The SMILES string of the molecule is COC(=O)C(c1ccc(Br)cc1)C(C(=O)OC)N(C)c1ccccc1. The van der Waals surface area contributed by atoms with Gasteiger partial charge in [0, 0.05) is 17.2 Å². The molecular weight excluding hydrogens is 386 g/mol. The summed E-state index contributed by atoms with van der Waals surface area (Å²) in [6.45, 7) is 0. The number of ether oxygens (including phenoxy) is 2. The van der Waals surface area contributed by atoms with E-state index in [0.29, 0.717) is 5.56 Å². The maximum absolute atomic E-state index is 12.5. The molecule has 25 heavy (non-hydrogen) atoms. The summed E-state index contributed by atoms with van der Waals surface area (Å²) in [6.07, 6.45) is 0. The van der Waals surface area contributed by atoms with Gasteiger partial charge in [0.05, 0.1) is 14.2 Å². The molecule has 0 saturated carbocycles. The van der Waals surface area contributed by atoms with E-state index in [1.54, 1.807) is 24.1 Å². The van der Waals surface area contributed by atoms with E-state index in [9.17, 15) is 9.59 Å². The summed E-state index contributed by atoms with van der Waals surface area (Å²) >= 11 is 3.38. The summed E-state index contributed by atoms with van der Waals surface area (Å²) in [5, 5.41) is 0. The van der Waals surface area contributed by atoms with E-state index in [4.69, 9.17) is 9.47 Å². The van der Waals surface area contributed by atoms with Crippen LogP contribution in [0.1, 0.15) is 11.5 Å². The standard InChI is InChI=1S/C19H20BrNO4/c1-21(15-7-5-4-6-8-15)17(19(23)25-3)16(18(22)24-2)13-9-11-14(20)12-10-13/h4-12,16-17H,1-3H3. The molecule has 0 aliphatic rings. The van der Waals surface area contributed by atoms with Gasteiger partial charge in [0.2, 0.25) is 0 Å². The summed E-state index contributed by atoms with van der Waals surface area (Å²) < 4.78 is 10.8. The van der Waals surface area contributed by atoms with E-state index in [2.05, 4.69) is 15.9 Å². The maximum atomic E-state index is 12.5. The van der Waals surface area contributed by atoms with E-state index in [-0.39, 0.29) is 0 Å². The summed E-state index contributed by atoms with van der Waals surface area (Å²) in [6, 6.07) is 15.7. The summed E-state index contributed by atoms with van der Waals surface area (Å²) in [4.78, 5) is 26.8. The highest BCUT2D eigenvalue weighted by molar-refractivity contribution is 9.10. The van der Waals surface area contributed by atoms with E-state index < -0.39 is 23.9 Å². The molecule has 0 radical (unpaired) electrons. The van der Waals surface area contributed by atoms with Crippen molar-refractivity contribution in [2.45, 2.75) is 12.0 Å². The Morgan fingerprint density at radius 2 is 1.48 bits per heavy atom. The monoisotopic (exact) mass is 405 g/mol. The van der Waals surface area contributed by atoms with Crippen LogP contribution in [-0.4, -0.2) is 39.2 Å². The van der Waals surface area contributed by atoms with Crippen molar-refractivity contribution < 1.29 is 19.1 Å². The molecule has 2 aromatic rings. The minimum atomic E-state index is -0.860. The summed E-state index contributed by atoms with van der Waals surface area (Å²) in [5.74, 6) is -1.83. The van der Waals surface area contributed by atoms with Gasteiger partial charge in [0.15, 0.2) is 0 Å². The Morgan fingerprint density at radius 3 is 2.00 bits per heavy atom. The highest BCUT2D eigenvalue weighted by Crippen LogP contribution is 2.29. The first kappa shape index (κ1) is 19.0. The fourth-order valence-corrected chi connectivity index (χ4v) is 2.97. The van der Waals surface area contributed by atoms with E-state index in [1.807, 2.05) is 42.5 Å². The number of benzene rings is 2. The smallest absolute Gasteiger partial charge is 0.329 e. The van der Waals surface area contributed by atoms with Crippen molar-refractivity contribution in [3.8, 4) is 0 Å². The third-order valence-corrected chi connectivity index (χ3v) is 4.55. The van der Waals surface area contributed by atoms with Crippen LogP contribution in [0.3, 0.4) is 0 Å². The number of nitrogens with zero attached hydrogens (tertiary/aromatic N) is 1. The quantitative estimate of drug-likeness (QED) is 0.689. The summed E-state index contributed by atoms with van der Waals surface area (Å²) in [7, 11) is 4.38. The lowest BCUT2D eigenvalue weighted by Crippen LogP contribution is -2.47. The lowest BCUT2D eigenvalue weighted by atomic mass is 9.90. The third kappa shape index (κ3) is 4.39. The van der Waals surface area contributed by atoms with E-state index in [1.165, 1.54) is 14.2 Å². The predicted molar refractivity (Wildman–Crippen MR) is 99.5 cm³/mol. The minimum Gasteiger partial charge on any atom is -0.468 e. The number of carbonyl (C=O) groups is 2. The molecule has 5 nitrogen and oxygen atoms in total. The van der Waals surface area contributed by atoms with Gasteiger partial charge in [-0.15, -0.1) is 0 Å². The number of esters is 2. The molecule has 0 N–H and O–H groups in total. The molecule has 2 aromatic carbocycles. The maximum Gasteiger partial charge on any atom is 0.329 e. The van der Waals surface area contributed by atoms with Gasteiger partial charge in [0.1, 0.15) is 12.0 Å². The van der Waals surface area contributed by atoms with Crippen LogP contribution in [0.25, 0.3) is 0 Å². The second-order valence-corrected chi connectivity index (χ2v) is 6.38. The molecule has 0 heterocycles. The molecule has 0 amide bonds. The number of rotatable bonds is 6. The van der Waals surface area contributed by atoms with Crippen LogP contribution in [0.2, 0.25) is 0 Å². The minimum absolute atomic E-state index is 0.500. The molecule has 0 aromatic heterocycles. The van der Waals surface area contributed by atoms with Gasteiger partial charge in [-0.3, -0.25) is 4.79 Å². The topological polar surface area (TPSA) is 55.8 Å².